The van der Waals surface area contributed by atoms with Crippen LogP contribution in [-0.4, -0.2) is 44.9 Å². The van der Waals surface area contributed by atoms with E-state index >= 15 is 0 Å². The summed E-state index contributed by atoms with van der Waals surface area (Å²) in [5.74, 6) is 0.738. The van der Waals surface area contributed by atoms with Gasteiger partial charge in [-0.3, -0.25) is 0 Å². The van der Waals surface area contributed by atoms with Crippen LogP contribution in [0.1, 0.15) is 24.6 Å². The van der Waals surface area contributed by atoms with Crippen molar-refractivity contribution in [1.82, 2.24) is 10.3 Å². The minimum Gasteiger partial charge on any atom is -0.480 e. The Balaban J connectivity index is 1.83. The van der Waals surface area contributed by atoms with Crippen LogP contribution < -0.4 is 15.0 Å². The van der Waals surface area contributed by atoms with Crippen LogP contribution in [0, 0.1) is 0 Å². The van der Waals surface area contributed by atoms with Crippen LogP contribution in [0.4, 0.5) is 5.13 Å². The molecule has 0 aromatic carbocycles. The minimum absolute atomic E-state index is 0.447. The number of aromatic nitrogens is 1. The molecule has 0 radical (unpaired) electrons. The van der Waals surface area contributed by atoms with Gasteiger partial charge in [0, 0.05) is 33.3 Å². The van der Waals surface area contributed by atoms with Gasteiger partial charge in [-0.05, 0) is 19.8 Å². The molecule has 1 aliphatic carbocycles. The van der Waals surface area contributed by atoms with Crippen molar-refractivity contribution in [3.8, 4) is 5.88 Å². The average molecular weight is 285 g/mol. The normalized spacial score (nSPS) is 22.1. The predicted octanol–water partition coefficient (Wildman–Crippen LogP) is 1.87. The van der Waals surface area contributed by atoms with Gasteiger partial charge >= 0.3 is 0 Å². The SMILES string of the molecule is CCOC1CC(NCc2sc(N(C)C)nc2OC)C1. The van der Waals surface area contributed by atoms with Crippen LogP contribution in [0.5, 0.6) is 5.88 Å². The third-order valence-electron chi connectivity index (χ3n) is 3.27. The number of hydrogen-bond donors (Lipinski definition) is 1. The molecular weight excluding hydrogens is 262 g/mol. The molecule has 5 nitrogen and oxygen atoms in total. The van der Waals surface area contributed by atoms with Gasteiger partial charge < -0.3 is 19.7 Å². The molecule has 6 heteroatoms. The molecule has 1 saturated carbocycles. The van der Waals surface area contributed by atoms with Crippen molar-refractivity contribution in [3.63, 3.8) is 0 Å². The Morgan fingerprint density at radius 1 is 1.42 bits per heavy atom. The molecule has 1 fully saturated rings. The van der Waals surface area contributed by atoms with Gasteiger partial charge in [0.1, 0.15) is 0 Å². The lowest BCUT2D eigenvalue weighted by atomic mass is 9.89. The second kappa shape index (κ2) is 6.54. The van der Waals surface area contributed by atoms with Crippen LogP contribution >= 0.6 is 11.3 Å². The van der Waals surface area contributed by atoms with Crippen LogP contribution in [0.3, 0.4) is 0 Å². The van der Waals surface area contributed by atoms with Crippen molar-refractivity contribution < 1.29 is 9.47 Å². The highest BCUT2D eigenvalue weighted by molar-refractivity contribution is 7.15. The lowest BCUT2D eigenvalue weighted by Gasteiger charge is -2.35. The summed E-state index contributed by atoms with van der Waals surface area (Å²) in [4.78, 5) is 7.62. The smallest absolute Gasteiger partial charge is 0.230 e. The Morgan fingerprint density at radius 2 is 2.16 bits per heavy atom. The second-order valence-electron chi connectivity index (χ2n) is 4.95. The highest BCUT2D eigenvalue weighted by Crippen LogP contribution is 2.31. The number of rotatable bonds is 7. The first-order valence-corrected chi connectivity index (χ1v) is 7.51. The fourth-order valence-corrected chi connectivity index (χ4v) is 3.03. The van der Waals surface area contributed by atoms with Crippen molar-refractivity contribution in [2.75, 3.05) is 32.7 Å². The first-order chi connectivity index (χ1) is 9.13. The second-order valence-corrected chi connectivity index (χ2v) is 6.01. The van der Waals surface area contributed by atoms with E-state index in [-0.39, 0.29) is 0 Å². The first-order valence-electron chi connectivity index (χ1n) is 6.70. The van der Waals surface area contributed by atoms with E-state index in [9.17, 15) is 0 Å². The number of hydrogen-bond acceptors (Lipinski definition) is 6. The zero-order valence-corrected chi connectivity index (χ0v) is 12.9. The summed E-state index contributed by atoms with van der Waals surface area (Å²) in [6.07, 6.45) is 2.66. The third-order valence-corrected chi connectivity index (χ3v) is 4.48. The third kappa shape index (κ3) is 3.58. The number of anilines is 1. The Morgan fingerprint density at radius 3 is 2.74 bits per heavy atom. The quantitative estimate of drug-likeness (QED) is 0.829. The summed E-state index contributed by atoms with van der Waals surface area (Å²) >= 11 is 1.68. The molecule has 1 N–H and O–H groups in total. The van der Waals surface area contributed by atoms with Crippen LogP contribution in [0.2, 0.25) is 0 Å². The number of nitrogens with zero attached hydrogens (tertiary/aromatic N) is 2. The van der Waals surface area contributed by atoms with Gasteiger partial charge in [0.25, 0.3) is 0 Å². The molecule has 0 amide bonds. The maximum atomic E-state index is 5.56. The first kappa shape index (κ1) is 14.6. The molecule has 0 atom stereocenters. The van der Waals surface area contributed by atoms with E-state index in [2.05, 4.69) is 10.3 Å². The number of thiazole rings is 1. The van der Waals surface area contributed by atoms with Gasteiger partial charge in [-0.15, -0.1) is 0 Å². The molecule has 0 spiro atoms. The van der Waals surface area contributed by atoms with E-state index in [1.54, 1.807) is 18.4 Å². The Bertz CT molecular complexity index is 403. The molecule has 1 heterocycles. The van der Waals surface area contributed by atoms with E-state index in [0.29, 0.717) is 12.1 Å². The molecule has 19 heavy (non-hydrogen) atoms. The van der Waals surface area contributed by atoms with Gasteiger partial charge in [0.2, 0.25) is 5.88 Å². The molecule has 2 rings (SSSR count). The number of methoxy groups -OCH3 is 1. The van der Waals surface area contributed by atoms with E-state index in [1.165, 1.54) is 0 Å². The van der Waals surface area contributed by atoms with E-state index < -0.39 is 0 Å². The van der Waals surface area contributed by atoms with E-state index in [4.69, 9.17) is 9.47 Å². The lowest BCUT2D eigenvalue weighted by Crippen LogP contribution is -2.45. The number of nitrogens with one attached hydrogen (secondary N) is 1. The fraction of sp³-hybridized carbons (Fsp3) is 0.769. The zero-order valence-electron chi connectivity index (χ0n) is 12.1. The fourth-order valence-electron chi connectivity index (χ4n) is 2.13. The molecule has 0 unspecified atom stereocenters. The Labute approximate surface area is 118 Å². The summed E-state index contributed by atoms with van der Waals surface area (Å²) in [6, 6.07) is 0.561. The van der Waals surface area contributed by atoms with Crippen molar-refractivity contribution in [1.29, 1.82) is 0 Å². The molecule has 1 aliphatic rings. The standard InChI is InChI=1S/C13H23N3O2S/c1-5-18-10-6-9(7-10)14-8-11-12(17-4)15-13(19-11)16(2)3/h9-10,14H,5-8H2,1-4H3. The van der Waals surface area contributed by atoms with Gasteiger partial charge in [-0.2, -0.15) is 4.98 Å². The topological polar surface area (TPSA) is 46.6 Å². The maximum Gasteiger partial charge on any atom is 0.230 e. The molecule has 1 aromatic heterocycles. The lowest BCUT2D eigenvalue weighted by molar-refractivity contribution is -0.0102. The summed E-state index contributed by atoms with van der Waals surface area (Å²) < 4.78 is 10.9. The molecular formula is C13H23N3O2S. The average Bonchev–Trinajstić information content (AvgIpc) is 2.75. The molecule has 108 valence electrons. The summed E-state index contributed by atoms with van der Waals surface area (Å²) in [7, 11) is 5.66. The van der Waals surface area contributed by atoms with Gasteiger partial charge in [0.15, 0.2) is 5.13 Å². The molecule has 0 aliphatic heterocycles. The van der Waals surface area contributed by atoms with E-state index in [1.807, 2.05) is 25.9 Å². The van der Waals surface area contributed by atoms with Crippen molar-refractivity contribution in [2.24, 2.45) is 0 Å². The van der Waals surface area contributed by atoms with Gasteiger partial charge in [0.05, 0.1) is 18.1 Å². The summed E-state index contributed by atoms with van der Waals surface area (Å²) in [5.41, 5.74) is 0. The maximum absolute atomic E-state index is 5.56. The van der Waals surface area contributed by atoms with Crippen LogP contribution in [-0.2, 0) is 11.3 Å². The van der Waals surface area contributed by atoms with Gasteiger partial charge in [-0.25, -0.2) is 0 Å². The minimum atomic E-state index is 0.447. The van der Waals surface area contributed by atoms with Crippen molar-refractivity contribution in [3.05, 3.63) is 4.88 Å². The Kier molecular flexibility index (Phi) is 5.01. The van der Waals surface area contributed by atoms with Crippen molar-refractivity contribution in [2.45, 2.75) is 38.5 Å². The van der Waals surface area contributed by atoms with Crippen LogP contribution in [0.15, 0.2) is 0 Å². The highest BCUT2D eigenvalue weighted by atomic mass is 32.1. The monoisotopic (exact) mass is 285 g/mol. The highest BCUT2D eigenvalue weighted by Gasteiger charge is 2.29. The Hall–Kier alpha value is -0.850. The molecule has 1 aromatic rings. The van der Waals surface area contributed by atoms with E-state index in [0.717, 1.165) is 41.9 Å². The molecule has 0 bridgehead atoms. The summed E-state index contributed by atoms with van der Waals surface area (Å²) in [6.45, 7) is 3.68. The predicted molar refractivity (Wildman–Crippen MR) is 78.3 cm³/mol. The van der Waals surface area contributed by atoms with Gasteiger partial charge in [-0.1, -0.05) is 11.3 Å². The zero-order chi connectivity index (χ0) is 13.8. The van der Waals surface area contributed by atoms with Crippen LogP contribution in [0.25, 0.3) is 0 Å². The number of ether oxygens (including phenoxy) is 2. The summed E-state index contributed by atoms with van der Waals surface area (Å²) in [5, 5.41) is 4.52. The largest absolute Gasteiger partial charge is 0.480 e. The van der Waals surface area contributed by atoms with Crippen molar-refractivity contribution >= 4 is 16.5 Å². The molecule has 0 saturated heterocycles.